The summed E-state index contributed by atoms with van der Waals surface area (Å²) in [5, 5.41) is 16.8. The van der Waals surface area contributed by atoms with E-state index in [1.54, 1.807) is 23.0 Å². The van der Waals surface area contributed by atoms with Gasteiger partial charge in [0.25, 0.3) is 0 Å². The van der Waals surface area contributed by atoms with Gasteiger partial charge in [-0.1, -0.05) is 35.3 Å². The molecule has 0 atom stereocenters. The molecule has 0 radical (unpaired) electrons. The molecule has 0 unspecified atom stereocenters. The molecule has 26 heavy (non-hydrogen) atoms. The number of guanidine groups is 1. The zero-order valence-corrected chi connectivity index (χ0v) is 15.0. The molecule has 1 heterocycles. The van der Waals surface area contributed by atoms with Gasteiger partial charge in [0.2, 0.25) is 5.96 Å². The first kappa shape index (κ1) is 17.8. The number of nitriles is 1. The second kappa shape index (κ2) is 7.91. The lowest BCUT2D eigenvalue weighted by Crippen LogP contribution is -2.27. The fourth-order valence-electron chi connectivity index (χ4n) is 2.38. The molecule has 130 valence electrons. The van der Waals surface area contributed by atoms with Crippen molar-refractivity contribution in [1.82, 2.24) is 15.1 Å². The Morgan fingerprint density at radius 3 is 2.35 bits per heavy atom. The Hall–Kier alpha value is -3.01. The van der Waals surface area contributed by atoms with Gasteiger partial charge in [-0.05, 0) is 42.5 Å². The number of hydrogen-bond acceptors (Lipinski definition) is 3. The molecule has 0 aliphatic heterocycles. The zero-order chi connectivity index (χ0) is 18.5. The van der Waals surface area contributed by atoms with Crippen LogP contribution in [-0.2, 0) is 6.54 Å². The third-order valence-corrected chi connectivity index (χ3v) is 4.07. The third kappa shape index (κ3) is 4.14. The van der Waals surface area contributed by atoms with Gasteiger partial charge in [-0.2, -0.15) is 10.4 Å². The molecule has 0 spiro atoms. The lowest BCUT2D eigenvalue weighted by atomic mass is 10.1. The number of nitrogens with two attached hydrogens (primary N) is 1. The van der Waals surface area contributed by atoms with Crippen molar-refractivity contribution in [3.05, 3.63) is 70.3 Å². The van der Waals surface area contributed by atoms with E-state index in [4.69, 9.17) is 34.2 Å². The fourth-order valence-corrected chi connectivity index (χ4v) is 2.63. The summed E-state index contributed by atoms with van der Waals surface area (Å²) >= 11 is 12.0. The standard InChI is InChI=1S/C18H14Cl2N6/c19-13-3-1-12(2-4-13)17-9-15(10-23-18(22)24-11-21)25-26(17)16-7-5-14(20)6-8-16/h1-9H,10H2,(H3,22,23,24). The second-order valence-corrected chi connectivity index (χ2v) is 6.23. The van der Waals surface area contributed by atoms with E-state index >= 15 is 0 Å². The highest BCUT2D eigenvalue weighted by molar-refractivity contribution is 6.30. The van der Waals surface area contributed by atoms with Crippen LogP contribution < -0.4 is 11.1 Å². The van der Waals surface area contributed by atoms with E-state index in [0.29, 0.717) is 15.7 Å². The van der Waals surface area contributed by atoms with Crippen molar-refractivity contribution in [2.45, 2.75) is 6.54 Å². The normalized spacial score (nSPS) is 11.2. The van der Waals surface area contributed by atoms with Crippen LogP contribution in [0.25, 0.3) is 16.9 Å². The topological polar surface area (TPSA) is 92.0 Å². The van der Waals surface area contributed by atoms with Gasteiger partial charge in [0.15, 0.2) is 6.19 Å². The molecular formula is C18H14Cl2N6. The van der Waals surface area contributed by atoms with Crippen molar-refractivity contribution in [3.8, 4) is 23.1 Å². The maximum atomic E-state index is 8.56. The first-order chi connectivity index (χ1) is 12.6. The van der Waals surface area contributed by atoms with Crippen LogP contribution in [0.3, 0.4) is 0 Å². The highest BCUT2D eigenvalue weighted by Gasteiger charge is 2.12. The van der Waals surface area contributed by atoms with Crippen LogP contribution in [0.4, 0.5) is 0 Å². The van der Waals surface area contributed by atoms with E-state index in [0.717, 1.165) is 16.9 Å². The number of aromatic nitrogens is 2. The minimum atomic E-state index is 0.0431. The molecule has 0 fully saturated rings. The van der Waals surface area contributed by atoms with Crippen LogP contribution in [0, 0.1) is 11.5 Å². The van der Waals surface area contributed by atoms with Crippen LogP contribution in [0.1, 0.15) is 5.69 Å². The van der Waals surface area contributed by atoms with Crippen LogP contribution in [-0.4, -0.2) is 15.7 Å². The molecule has 0 bridgehead atoms. The maximum absolute atomic E-state index is 8.56. The van der Waals surface area contributed by atoms with E-state index in [-0.39, 0.29) is 12.5 Å². The van der Waals surface area contributed by atoms with Gasteiger partial charge >= 0.3 is 0 Å². The van der Waals surface area contributed by atoms with Crippen molar-refractivity contribution in [2.24, 2.45) is 10.7 Å². The van der Waals surface area contributed by atoms with Gasteiger partial charge in [-0.25, -0.2) is 9.67 Å². The number of benzene rings is 2. The van der Waals surface area contributed by atoms with Gasteiger partial charge < -0.3 is 5.73 Å². The molecule has 8 heteroatoms. The van der Waals surface area contributed by atoms with Gasteiger partial charge in [0.05, 0.1) is 23.6 Å². The average molecular weight is 385 g/mol. The first-order valence-corrected chi connectivity index (χ1v) is 8.38. The molecular weight excluding hydrogens is 371 g/mol. The predicted molar refractivity (Wildman–Crippen MR) is 103 cm³/mol. The van der Waals surface area contributed by atoms with Crippen molar-refractivity contribution in [2.75, 3.05) is 0 Å². The van der Waals surface area contributed by atoms with Crippen LogP contribution in [0.5, 0.6) is 0 Å². The number of rotatable bonds is 4. The molecule has 3 aromatic rings. The Morgan fingerprint density at radius 2 is 1.73 bits per heavy atom. The number of nitrogens with one attached hydrogen (secondary N) is 1. The second-order valence-electron chi connectivity index (χ2n) is 5.35. The highest BCUT2D eigenvalue weighted by atomic mass is 35.5. The summed E-state index contributed by atoms with van der Waals surface area (Å²) in [7, 11) is 0. The molecule has 1 aromatic heterocycles. The quantitative estimate of drug-likeness (QED) is 0.310. The molecule has 0 saturated heterocycles. The molecule has 0 amide bonds. The van der Waals surface area contributed by atoms with E-state index in [1.807, 2.05) is 42.5 Å². The maximum Gasteiger partial charge on any atom is 0.202 e. The SMILES string of the molecule is N#CNC(N)=NCc1cc(-c2ccc(Cl)cc2)n(-c2ccc(Cl)cc2)n1. The van der Waals surface area contributed by atoms with Gasteiger partial charge in [-0.3, -0.25) is 5.32 Å². The summed E-state index contributed by atoms with van der Waals surface area (Å²) < 4.78 is 1.80. The monoisotopic (exact) mass is 384 g/mol. The minimum absolute atomic E-state index is 0.0431. The Kier molecular flexibility index (Phi) is 5.42. The summed E-state index contributed by atoms with van der Waals surface area (Å²) in [5.41, 5.74) is 8.98. The molecule has 3 rings (SSSR count). The largest absolute Gasteiger partial charge is 0.369 e. The molecule has 0 aliphatic carbocycles. The lowest BCUT2D eigenvalue weighted by molar-refractivity contribution is 0.836. The van der Waals surface area contributed by atoms with Crippen molar-refractivity contribution < 1.29 is 0 Å². The Morgan fingerprint density at radius 1 is 1.12 bits per heavy atom. The first-order valence-electron chi connectivity index (χ1n) is 7.62. The van der Waals surface area contributed by atoms with E-state index in [2.05, 4.69) is 15.4 Å². The van der Waals surface area contributed by atoms with E-state index in [1.165, 1.54) is 0 Å². The highest BCUT2D eigenvalue weighted by Crippen LogP contribution is 2.26. The summed E-state index contributed by atoms with van der Waals surface area (Å²) in [6.07, 6.45) is 1.73. The molecule has 0 aliphatic rings. The zero-order valence-electron chi connectivity index (χ0n) is 13.5. The summed E-state index contributed by atoms with van der Waals surface area (Å²) in [6.45, 7) is 0.238. The predicted octanol–water partition coefficient (Wildman–Crippen LogP) is 3.73. The number of nitrogens with zero attached hydrogens (tertiary/aromatic N) is 4. The number of halogens is 2. The van der Waals surface area contributed by atoms with E-state index in [9.17, 15) is 0 Å². The van der Waals surface area contributed by atoms with Crippen LogP contribution >= 0.6 is 23.2 Å². The lowest BCUT2D eigenvalue weighted by Gasteiger charge is -2.08. The van der Waals surface area contributed by atoms with Crippen molar-refractivity contribution in [3.63, 3.8) is 0 Å². The third-order valence-electron chi connectivity index (χ3n) is 3.57. The van der Waals surface area contributed by atoms with E-state index < -0.39 is 0 Å². The fraction of sp³-hybridized carbons (Fsp3) is 0.0556. The summed E-state index contributed by atoms with van der Waals surface area (Å²) in [4.78, 5) is 4.10. The number of hydrogen-bond donors (Lipinski definition) is 2. The Balaban J connectivity index is 2.02. The minimum Gasteiger partial charge on any atom is -0.369 e. The van der Waals surface area contributed by atoms with Gasteiger partial charge in [0, 0.05) is 15.6 Å². The Bertz CT molecular complexity index is 905. The smallest absolute Gasteiger partial charge is 0.202 e. The molecule has 0 saturated carbocycles. The van der Waals surface area contributed by atoms with Crippen molar-refractivity contribution >= 4 is 29.2 Å². The average Bonchev–Trinajstić information content (AvgIpc) is 3.06. The van der Waals surface area contributed by atoms with Crippen LogP contribution in [0.2, 0.25) is 10.0 Å². The van der Waals surface area contributed by atoms with Crippen molar-refractivity contribution in [1.29, 1.82) is 5.26 Å². The summed E-state index contributed by atoms with van der Waals surface area (Å²) in [5.74, 6) is 0.0431. The van der Waals surface area contributed by atoms with Gasteiger partial charge in [-0.15, -0.1) is 0 Å². The molecule has 3 N–H and O–H groups in total. The summed E-state index contributed by atoms with van der Waals surface area (Å²) in [6, 6.07) is 16.8. The number of aliphatic imine (C=N–C) groups is 1. The van der Waals surface area contributed by atoms with Gasteiger partial charge in [0.1, 0.15) is 0 Å². The molecule has 2 aromatic carbocycles. The Labute approximate surface area is 160 Å². The molecule has 6 nitrogen and oxygen atoms in total. The van der Waals surface area contributed by atoms with Crippen LogP contribution in [0.15, 0.2) is 59.6 Å².